The minimum Gasteiger partial charge on any atom is -0.435 e. The summed E-state index contributed by atoms with van der Waals surface area (Å²) >= 11 is 0. The molecule has 0 spiro atoms. The van der Waals surface area contributed by atoms with Crippen LogP contribution < -0.4 is 15.4 Å². The van der Waals surface area contributed by atoms with E-state index in [1.165, 1.54) is 31.2 Å². The maximum Gasteiger partial charge on any atom is 0.387 e. The molecular weight excluding hydrogens is 282 g/mol. The highest BCUT2D eigenvalue weighted by molar-refractivity contribution is 5.97. The van der Waals surface area contributed by atoms with Gasteiger partial charge in [-0.1, -0.05) is 13.8 Å². The number of halogens is 2. The van der Waals surface area contributed by atoms with Crippen LogP contribution in [0.2, 0.25) is 0 Å². The second kappa shape index (κ2) is 7.56. The number of amides is 2. The lowest BCUT2D eigenvalue weighted by Crippen LogP contribution is -2.46. The van der Waals surface area contributed by atoms with Crippen LogP contribution in [0, 0.1) is 5.92 Å². The average Bonchev–Trinajstić information content (AvgIpc) is 2.37. The topological polar surface area (TPSA) is 67.4 Å². The first-order valence-corrected chi connectivity index (χ1v) is 6.42. The molecule has 0 fully saturated rings. The lowest BCUT2D eigenvalue weighted by Gasteiger charge is -2.21. The van der Waals surface area contributed by atoms with Crippen molar-refractivity contribution >= 4 is 17.5 Å². The SMILES string of the molecule is CC(=O)N[C@@H](C(=O)Nc1ccc(OC(F)F)cc1)C(C)C. The third-order valence-corrected chi connectivity index (χ3v) is 2.65. The highest BCUT2D eigenvalue weighted by Crippen LogP contribution is 2.18. The number of carbonyl (C=O) groups is 2. The fraction of sp³-hybridized carbons (Fsp3) is 0.429. The summed E-state index contributed by atoms with van der Waals surface area (Å²) in [5, 5.41) is 5.17. The molecule has 0 saturated carbocycles. The Morgan fingerprint density at radius 1 is 1.14 bits per heavy atom. The average molecular weight is 300 g/mol. The number of hydrogen-bond acceptors (Lipinski definition) is 3. The minimum absolute atomic E-state index is 0.00488. The summed E-state index contributed by atoms with van der Waals surface area (Å²) in [6, 6.07) is 4.87. The van der Waals surface area contributed by atoms with Crippen LogP contribution in [0.1, 0.15) is 20.8 Å². The molecule has 0 aliphatic rings. The molecule has 0 heterocycles. The quantitative estimate of drug-likeness (QED) is 0.847. The number of carbonyl (C=O) groups excluding carboxylic acids is 2. The van der Waals surface area contributed by atoms with E-state index in [1.54, 1.807) is 13.8 Å². The summed E-state index contributed by atoms with van der Waals surface area (Å²) in [5.74, 6) is -0.757. The summed E-state index contributed by atoms with van der Waals surface area (Å²) < 4.78 is 28.2. The lowest BCUT2D eigenvalue weighted by molar-refractivity contribution is -0.126. The van der Waals surface area contributed by atoms with Crippen LogP contribution in [0.25, 0.3) is 0 Å². The van der Waals surface area contributed by atoms with Crippen LogP contribution in [0.15, 0.2) is 24.3 Å². The third kappa shape index (κ3) is 5.76. The molecule has 0 unspecified atom stereocenters. The second-order valence-corrected chi connectivity index (χ2v) is 4.81. The lowest BCUT2D eigenvalue weighted by atomic mass is 10.0. The van der Waals surface area contributed by atoms with Crippen LogP contribution in [-0.2, 0) is 9.59 Å². The number of anilines is 1. The molecule has 0 aliphatic heterocycles. The standard InChI is InChI=1S/C14H18F2N2O3/c1-8(2)12(17-9(3)19)13(20)18-10-4-6-11(7-5-10)21-14(15)16/h4-8,12,14H,1-3H3,(H,17,19)(H,18,20)/t12-/m1/s1. The van der Waals surface area contributed by atoms with Gasteiger partial charge in [0.05, 0.1) is 0 Å². The van der Waals surface area contributed by atoms with Gasteiger partial charge in [-0.2, -0.15) is 8.78 Å². The Kier molecular flexibility index (Phi) is 6.08. The number of ether oxygens (including phenoxy) is 1. The molecular formula is C14H18F2N2O3. The van der Waals surface area contributed by atoms with Crippen molar-refractivity contribution < 1.29 is 23.1 Å². The summed E-state index contributed by atoms with van der Waals surface area (Å²) in [6.07, 6.45) is 0. The van der Waals surface area contributed by atoms with Crippen LogP contribution in [0.4, 0.5) is 14.5 Å². The van der Waals surface area contributed by atoms with E-state index in [0.717, 1.165) is 0 Å². The molecule has 1 aromatic rings. The highest BCUT2D eigenvalue weighted by atomic mass is 19.3. The molecule has 0 saturated heterocycles. The van der Waals surface area contributed by atoms with Crippen molar-refractivity contribution in [2.75, 3.05) is 5.32 Å². The van der Waals surface area contributed by atoms with Crippen molar-refractivity contribution in [2.45, 2.75) is 33.4 Å². The van der Waals surface area contributed by atoms with Gasteiger partial charge in [0.25, 0.3) is 0 Å². The van der Waals surface area contributed by atoms with Crippen LogP contribution >= 0.6 is 0 Å². The summed E-state index contributed by atoms with van der Waals surface area (Å²) in [5.41, 5.74) is 0.428. The Morgan fingerprint density at radius 3 is 2.14 bits per heavy atom. The Bertz CT molecular complexity index is 489. The molecule has 5 nitrogen and oxygen atoms in total. The normalized spacial score (nSPS) is 12.1. The third-order valence-electron chi connectivity index (χ3n) is 2.65. The van der Waals surface area contributed by atoms with Gasteiger partial charge in [0, 0.05) is 12.6 Å². The first-order chi connectivity index (χ1) is 9.79. The van der Waals surface area contributed by atoms with E-state index < -0.39 is 12.7 Å². The zero-order chi connectivity index (χ0) is 16.0. The van der Waals surface area contributed by atoms with Crippen LogP contribution in [-0.4, -0.2) is 24.5 Å². The first kappa shape index (κ1) is 16.9. The number of hydrogen-bond donors (Lipinski definition) is 2. The molecule has 0 aromatic heterocycles. The summed E-state index contributed by atoms with van der Waals surface area (Å²) in [6.45, 7) is 2.05. The van der Waals surface area contributed by atoms with Gasteiger partial charge in [-0.15, -0.1) is 0 Å². The summed E-state index contributed by atoms with van der Waals surface area (Å²) in [7, 11) is 0. The van der Waals surface area contributed by atoms with Crippen molar-refractivity contribution in [2.24, 2.45) is 5.92 Å². The predicted octanol–water partition coefficient (Wildman–Crippen LogP) is 2.39. The molecule has 0 bridgehead atoms. The molecule has 1 atom stereocenters. The fourth-order valence-corrected chi connectivity index (χ4v) is 1.69. The Balaban J connectivity index is 2.70. The van der Waals surface area contributed by atoms with E-state index in [-0.39, 0.29) is 23.5 Å². The maximum atomic E-state index is 12.1. The van der Waals surface area contributed by atoms with Gasteiger partial charge in [-0.05, 0) is 30.2 Å². The fourth-order valence-electron chi connectivity index (χ4n) is 1.69. The van der Waals surface area contributed by atoms with Crippen molar-refractivity contribution in [3.8, 4) is 5.75 Å². The van der Waals surface area contributed by atoms with Crippen molar-refractivity contribution in [1.29, 1.82) is 0 Å². The molecule has 116 valence electrons. The van der Waals surface area contributed by atoms with Gasteiger partial charge < -0.3 is 15.4 Å². The maximum absolute atomic E-state index is 12.1. The molecule has 2 amide bonds. The zero-order valence-electron chi connectivity index (χ0n) is 12.0. The van der Waals surface area contributed by atoms with E-state index in [4.69, 9.17) is 0 Å². The van der Waals surface area contributed by atoms with Crippen LogP contribution in [0.5, 0.6) is 5.75 Å². The zero-order valence-corrected chi connectivity index (χ0v) is 12.0. The molecule has 7 heteroatoms. The van der Waals surface area contributed by atoms with Gasteiger partial charge in [0.1, 0.15) is 11.8 Å². The Hall–Kier alpha value is -2.18. The van der Waals surface area contributed by atoms with Gasteiger partial charge in [-0.25, -0.2) is 0 Å². The van der Waals surface area contributed by atoms with Crippen molar-refractivity contribution in [3.05, 3.63) is 24.3 Å². The van der Waals surface area contributed by atoms with Gasteiger partial charge in [0.2, 0.25) is 11.8 Å². The van der Waals surface area contributed by atoms with Gasteiger partial charge in [-0.3, -0.25) is 9.59 Å². The van der Waals surface area contributed by atoms with E-state index >= 15 is 0 Å². The van der Waals surface area contributed by atoms with E-state index in [9.17, 15) is 18.4 Å². The van der Waals surface area contributed by atoms with Crippen LogP contribution in [0.3, 0.4) is 0 Å². The van der Waals surface area contributed by atoms with E-state index in [0.29, 0.717) is 5.69 Å². The second-order valence-electron chi connectivity index (χ2n) is 4.81. The number of rotatable bonds is 6. The van der Waals surface area contributed by atoms with E-state index in [1.807, 2.05) is 0 Å². The summed E-state index contributed by atoms with van der Waals surface area (Å²) in [4.78, 5) is 23.2. The predicted molar refractivity (Wildman–Crippen MR) is 74.1 cm³/mol. The van der Waals surface area contributed by atoms with Gasteiger partial charge >= 0.3 is 6.61 Å². The monoisotopic (exact) mass is 300 g/mol. The van der Waals surface area contributed by atoms with E-state index in [2.05, 4.69) is 15.4 Å². The number of alkyl halides is 2. The molecule has 2 N–H and O–H groups in total. The molecule has 21 heavy (non-hydrogen) atoms. The molecule has 1 rings (SSSR count). The smallest absolute Gasteiger partial charge is 0.387 e. The molecule has 0 radical (unpaired) electrons. The Labute approximate surface area is 121 Å². The largest absolute Gasteiger partial charge is 0.435 e. The van der Waals surface area contributed by atoms with Crippen molar-refractivity contribution in [3.63, 3.8) is 0 Å². The minimum atomic E-state index is -2.89. The van der Waals surface area contributed by atoms with Crippen molar-refractivity contribution in [1.82, 2.24) is 5.32 Å². The highest BCUT2D eigenvalue weighted by Gasteiger charge is 2.22. The van der Waals surface area contributed by atoms with Gasteiger partial charge in [0.15, 0.2) is 0 Å². The first-order valence-electron chi connectivity index (χ1n) is 6.42. The molecule has 0 aliphatic carbocycles. The number of nitrogens with one attached hydrogen (secondary N) is 2. The molecule has 1 aromatic carbocycles. The number of benzene rings is 1. The Morgan fingerprint density at radius 2 is 1.71 bits per heavy atom.